The van der Waals surface area contributed by atoms with Crippen LogP contribution < -0.4 is 4.90 Å². The number of benzene rings is 2. The number of hydrogen-bond donors (Lipinski definition) is 0. The van der Waals surface area contributed by atoms with E-state index in [9.17, 15) is 14.9 Å². The summed E-state index contributed by atoms with van der Waals surface area (Å²) in [5, 5.41) is 11.5. The van der Waals surface area contributed by atoms with Crippen molar-refractivity contribution < 1.29 is 9.72 Å². The molecule has 0 saturated carbocycles. The van der Waals surface area contributed by atoms with Gasteiger partial charge in [-0.15, -0.1) is 0 Å². The number of amides is 1. The highest BCUT2D eigenvalue weighted by Crippen LogP contribution is 2.35. The Morgan fingerprint density at radius 1 is 1.26 bits per heavy atom. The van der Waals surface area contributed by atoms with Crippen LogP contribution in [0.4, 0.5) is 17.1 Å². The zero-order valence-corrected chi connectivity index (χ0v) is 12.9. The lowest BCUT2D eigenvalue weighted by Gasteiger charge is -2.16. The summed E-state index contributed by atoms with van der Waals surface area (Å²) in [6, 6.07) is 11.3. The molecular formula is C16H12ClN3O3. The second-order valence-corrected chi connectivity index (χ2v) is 5.51. The Kier molecular flexibility index (Phi) is 3.83. The summed E-state index contributed by atoms with van der Waals surface area (Å²) in [5.74, 6) is -0.156. The van der Waals surface area contributed by atoms with Crippen molar-refractivity contribution in [3.8, 4) is 0 Å². The molecule has 0 aromatic heterocycles. The molecule has 3 rings (SSSR count). The van der Waals surface area contributed by atoms with Gasteiger partial charge >= 0.3 is 0 Å². The molecule has 0 bridgehead atoms. The Morgan fingerprint density at radius 3 is 2.70 bits per heavy atom. The van der Waals surface area contributed by atoms with Crippen molar-refractivity contribution in [1.29, 1.82) is 0 Å². The van der Waals surface area contributed by atoms with Crippen molar-refractivity contribution in [3.05, 3.63) is 63.2 Å². The fourth-order valence-corrected chi connectivity index (χ4v) is 2.68. The number of rotatable bonds is 2. The largest absolute Gasteiger partial charge is 0.313 e. The van der Waals surface area contributed by atoms with Crippen LogP contribution in [0.1, 0.15) is 12.0 Å². The number of carbonyl (C=O) groups excluding carboxylic acids is 1. The van der Waals surface area contributed by atoms with Crippen LogP contribution in [0.2, 0.25) is 5.02 Å². The molecule has 0 saturated heterocycles. The summed E-state index contributed by atoms with van der Waals surface area (Å²) in [5.41, 5.74) is 1.97. The van der Waals surface area contributed by atoms with Crippen molar-refractivity contribution in [2.24, 2.45) is 4.99 Å². The minimum Gasteiger partial charge on any atom is -0.313 e. The van der Waals surface area contributed by atoms with Crippen LogP contribution in [0.15, 0.2) is 47.5 Å². The number of fused-ring (bicyclic) bond motifs is 1. The first kappa shape index (κ1) is 15.2. The Morgan fingerprint density at radius 2 is 2.00 bits per heavy atom. The first-order valence-electron chi connectivity index (χ1n) is 6.85. The van der Waals surface area contributed by atoms with Gasteiger partial charge in [-0.1, -0.05) is 29.8 Å². The smallest absolute Gasteiger partial charge is 0.271 e. The third-order valence-electron chi connectivity index (χ3n) is 3.66. The number of carbonyl (C=O) groups is 1. The van der Waals surface area contributed by atoms with Crippen LogP contribution in [0, 0.1) is 10.1 Å². The highest BCUT2D eigenvalue weighted by Gasteiger charge is 2.24. The number of nitro benzene ring substituents is 1. The van der Waals surface area contributed by atoms with E-state index in [4.69, 9.17) is 11.6 Å². The van der Waals surface area contributed by atoms with Crippen LogP contribution >= 0.6 is 11.6 Å². The van der Waals surface area contributed by atoms with Crippen molar-refractivity contribution in [1.82, 2.24) is 0 Å². The van der Waals surface area contributed by atoms with Crippen LogP contribution in [0.3, 0.4) is 0 Å². The zero-order chi connectivity index (χ0) is 16.6. The summed E-state index contributed by atoms with van der Waals surface area (Å²) in [6.07, 6.45) is 0.0721. The second-order valence-electron chi connectivity index (χ2n) is 5.10. The van der Waals surface area contributed by atoms with Gasteiger partial charge in [0.2, 0.25) is 5.91 Å². The lowest BCUT2D eigenvalue weighted by Crippen LogP contribution is -2.27. The maximum absolute atomic E-state index is 12.4. The van der Waals surface area contributed by atoms with Gasteiger partial charge in [0.25, 0.3) is 5.69 Å². The average Bonchev–Trinajstić information content (AvgIpc) is 2.65. The molecule has 0 atom stereocenters. The van der Waals surface area contributed by atoms with E-state index in [1.54, 1.807) is 31.3 Å². The molecule has 0 unspecified atom stereocenters. The third-order valence-corrected chi connectivity index (χ3v) is 3.99. The number of hydrogen-bond acceptors (Lipinski definition) is 4. The van der Waals surface area contributed by atoms with Gasteiger partial charge in [-0.2, -0.15) is 0 Å². The summed E-state index contributed by atoms with van der Waals surface area (Å²) in [7, 11) is 1.62. The van der Waals surface area contributed by atoms with E-state index in [1.165, 1.54) is 23.1 Å². The number of non-ortho nitro benzene ring substituents is 1. The van der Waals surface area contributed by atoms with Crippen LogP contribution in [-0.4, -0.2) is 23.6 Å². The quantitative estimate of drug-likeness (QED) is 0.622. The maximum Gasteiger partial charge on any atom is 0.271 e. The zero-order valence-electron chi connectivity index (χ0n) is 12.2. The van der Waals surface area contributed by atoms with E-state index in [2.05, 4.69) is 4.99 Å². The molecule has 0 aliphatic carbocycles. The summed E-state index contributed by atoms with van der Waals surface area (Å²) < 4.78 is 0. The Labute approximate surface area is 137 Å². The van der Waals surface area contributed by atoms with E-state index < -0.39 is 4.92 Å². The molecule has 1 amide bonds. The lowest BCUT2D eigenvalue weighted by molar-refractivity contribution is -0.384. The van der Waals surface area contributed by atoms with Gasteiger partial charge < -0.3 is 4.90 Å². The average molecular weight is 330 g/mol. The van der Waals surface area contributed by atoms with Crippen molar-refractivity contribution >= 4 is 40.3 Å². The van der Waals surface area contributed by atoms with E-state index in [-0.39, 0.29) is 18.0 Å². The predicted molar refractivity (Wildman–Crippen MR) is 88.8 cm³/mol. The van der Waals surface area contributed by atoms with E-state index in [0.717, 1.165) is 0 Å². The molecule has 2 aromatic rings. The molecule has 1 aliphatic heterocycles. The van der Waals surface area contributed by atoms with Gasteiger partial charge in [-0.25, -0.2) is 4.99 Å². The van der Waals surface area contributed by atoms with Gasteiger partial charge in [-0.3, -0.25) is 14.9 Å². The first-order chi connectivity index (χ1) is 11.0. The van der Waals surface area contributed by atoms with Gasteiger partial charge in [0.1, 0.15) is 0 Å². The Balaban J connectivity index is 2.20. The van der Waals surface area contributed by atoms with E-state index in [0.29, 0.717) is 27.7 Å². The molecule has 116 valence electrons. The van der Waals surface area contributed by atoms with Gasteiger partial charge in [-0.05, 0) is 12.1 Å². The highest BCUT2D eigenvalue weighted by atomic mass is 35.5. The number of nitro groups is 1. The molecule has 1 aliphatic rings. The number of nitrogens with zero attached hydrogens (tertiary/aromatic N) is 3. The molecule has 23 heavy (non-hydrogen) atoms. The second kappa shape index (κ2) is 5.81. The number of anilines is 1. The van der Waals surface area contributed by atoms with Crippen LogP contribution in [0.5, 0.6) is 0 Å². The highest BCUT2D eigenvalue weighted by molar-refractivity contribution is 6.35. The summed E-state index contributed by atoms with van der Waals surface area (Å²) >= 11 is 6.19. The van der Waals surface area contributed by atoms with Crippen molar-refractivity contribution in [3.63, 3.8) is 0 Å². The van der Waals surface area contributed by atoms with Crippen molar-refractivity contribution in [2.45, 2.75) is 6.42 Å². The van der Waals surface area contributed by atoms with Gasteiger partial charge in [0, 0.05) is 29.8 Å². The molecular weight excluding hydrogens is 318 g/mol. The molecule has 6 nitrogen and oxygen atoms in total. The fourth-order valence-electron chi connectivity index (χ4n) is 2.43. The molecule has 0 N–H and O–H groups in total. The van der Waals surface area contributed by atoms with Crippen molar-refractivity contribution in [2.75, 3.05) is 11.9 Å². The van der Waals surface area contributed by atoms with E-state index >= 15 is 0 Å². The number of aliphatic imine (C=N–C) groups is 1. The van der Waals surface area contributed by atoms with Crippen LogP contribution in [0.25, 0.3) is 0 Å². The van der Waals surface area contributed by atoms with Gasteiger partial charge in [0.05, 0.1) is 28.4 Å². The minimum atomic E-state index is -0.488. The maximum atomic E-state index is 12.4. The predicted octanol–water partition coefficient (Wildman–Crippen LogP) is 3.74. The Bertz CT molecular complexity index is 848. The fraction of sp³-hybridized carbons (Fsp3) is 0.125. The first-order valence-corrected chi connectivity index (χ1v) is 7.22. The summed E-state index contributed by atoms with van der Waals surface area (Å²) in [6.45, 7) is 0. The standard InChI is InChI=1S/C16H12ClN3O3/c1-19-15-7-6-10(20(22)23)8-14(15)18-13(9-16(19)21)11-4-2-3-5-12(11)17/h2-8H,9H2,1H3. The summed E-state index contributed by atoms with van der Waals surface area (Å²) in [4.78, 5) is 28.8. The molecule has 0 spiro atoms. The number of halogens is 1. The van der Waals surface area contributed by atoms with E-state index in [1.807, 2.05) is 0 Å². The third kappa shape index (κ3) is 2.80. The molecule has 1 heterocycles. The molecule has 7 heteroatoms. The van der Waals surface area contributed by atoms with Gasteiger partial charge in [0.15, 0.2) is 0 Å². The SMILES string of the molecule is CN1C(=O)CC(c2ccccc2Cl)=Nc2cc([N+](=O)[O-])ccc21. The minimum absolute atomic E-state index is 0.0721. The molecule has 2 aromatic carbocycles. The normalized spacial score (nSPS) is 14.1. The lowest BCUT2D eigenvalue weighted by atomic mass is 10.1. The Hall–Kier alpha value is -2.73. The molecule has 0 radical (unpaired) electrons. The topological polar surface area (TPSA) is 75.8 Å². The monoisotopic (exact) mass is 329 g/mol. The molecule has 0 fully saturated rings. The van der Waals surface area contributed by atoms with Crippen LogP contribution in [-0.2, 0) is 4.79 Å².